The van der Waals surface area contributed by atoms with Crippen LogP contribution in [0.25, 0.3) is 11.6 Å². The number of hydrogen-bond donors (Lipinski definition) is 1. The molecule has 0 saturated carbocycles. The Balaban J connectivity index is 1.65. The van der Waals surface area contributed by atoms with Crippen LogP contribution in [-0.2, 0) is 11.3 Å². The van der Waals surface area contributed by atoms with Crippen molar-refractivity contribution in [3.05, 3.63) is 47.2 Å². The van der Waals surface area contributed by atoms with Crippen molar-refractivity contribution in [2.24, 2.45) is 0 Å². The summed E-state index contributed by atoms with van der Waals surface area (Å²) < 4.78 is 7.25. The number of halogens is 1. The number of nitrogens with one attached hydrogen (secondary N) is 1. The molecule has 3 rings (SSSR count). The number of rotatable bonds is 6. The molecule has 2 heterocycles. The molecule has 3 aromatic rings. The summed E-state index contributed by atoms with van der Waals surface area (Å²) in [7, 11) is 0. The van der Waals surface area contributed by atoms with E-state index in [9.17, 15) is 4.79 Å². The van der Waals surface area contributed by atoms with E-state index in [4.69, 9.17) is 21.3 Å². The van der Waals surface area contributed by atoms with Crippen LogP contribution in [0.15, 0.2) is 46.2 Å². The normalized spacial score (nSPS) is 10.5. The van der Waals surface area contributed by atoms with Gasteiger partial charge in [0.1, 0.15) is 6.07 Å². The number of amides is 1. The molecule has 7 nitrogen and oxygen atoms in total. The molecule has 0 saturated heterocycles. The van der Waals surface area contributed by atoms with E-state index in [1.165, 1.54) is 11.8 Å². The first-order valence-corrected chi connectivity index (χ1v) is 9.08. The lowest BCUT2D eigenvalue weighted by Gasteiger charge is -2.07. The number of carbonyl (C=O) groups excluding carboxylic acids is 1. The summed E-state index contributed by atoms with van der Waals surface area (Å²) in [6.45, 7) is 2.62. The summed E-state index contributed by atoms with van der Waals surface area (Å²) in [6.07, 6.45) is 1.58. The number of hydrogen-bond acceptors (Lipinski definition) is 6. The van der Waals surface area contributed by atoms with Gasteiger partial charge in [0.15, 0.2) is 16.7 Å². The van der Waals surface area contributed by atoms with Gasteiger partial charge in [0.25, 0.3) is 0 Å². The van der Waals surface area contributed by atoms with Gasteiger partial charge in [-0.1, -0.05) is 23.4 Å². The SMILES string of the molecule is CCn1c(SCC(=O)Nc2ccc(C#N)c(Cl)c2)nnc1-c1ccco1. The number of anilines is 1. The number of nitriles is 1. The number of thioether (sulfide) groups is 1. The summed E-state index contributed by atoms with van der Waals surface area (Å²) in [5.41, 5.74) is 0.897. The van der Waals surface area contributed by atoms with Crippen molar-refractivity contribution in [1.82, 2.24) is 14.8 Å². The van der Waals surface area contributed by atoms with E-state index in [1.54, 1.807) is 30.5 Å². The molecule has 1 aromatic carbocycles. The second kappa shape index (κ2) is 8.08. The van der Waals surface area contributed by atoms with Crippen molar-refractivity contribution >= 4 is 35.0 Å². The Morgan fingerprint density at radius 2 is 2.27 bits per heavy atom. The van der Waals surface area contributed by atoms with Gasteiger partial charge in [-0.05, 0) is 37.3 Å². The summed E-state index contributed by atoms with van der Waals surface area (Å²) >= 11 is 7.25. The first-order valence-electron chi connectivity index (χ1n) is 7.71. The molecule has 0 radical (unpaired) electrons. The molecular formula is C17H14ClN5O2S. The van der Waals surface area contributed by atoms with Crippen molar-refractivity contribution in [2.45, 2.75) is 18.6 Å². The fraction of sp³-hybridized carbons (Fsp3) is 0.176. The molecule has 1 amide bonds. The lowest BCUT2D eigenvalue weighted by Crippen LogP contribution is -2.14. The van der Waals surface area contributed by atoms with E-state index >= 15 is 0 Å². The Bertz CT molecular complexity index is 962. The predicted molar refractivity (Wildman–Crippen MR) is 98.9 cm³/mol. The molecule has 0 fully saturated rings. The maximum Gasteiger partial charge on any atom is 0.234 e. The average Bonchev–Trinajstić information content (AvgIpc) is 3.29. The first kappa shape index (κ1) is 18.0. The molecule has 0 spiro atoms. The van der Waals surface area contributed by atoms with Crippen LogP contribution in [0.1, 0.15) is 12.5 Å². The van der Waals surface area contributed by atoms with Gasteiger partial charge >= 0.3 is 0 Å². The minimum absolute atomic E-state index is 0.161. The fourth-order valence-corrected chi connectivity index (χ4v) is 3.30. The maximum atomic E-state index is 12.2. The van der Waals surface area contributed by atoms with Gasteiger partial charge in [0.2, 0.25) is 5.91 Å². The Kier molecular flexibility index (Phi) is 5.61. The van der Waals surface area contributed by atoms with Crippen LogP contribution < -0.4 is 5.32 Å². The van der Waals surface area contributed by atoms with Gasteiger partial charge in [-0.3, -0.25) is 9.36 Å². The molecular weight excluding hydrogens is 374 g/mol. The Labute approximate surface area is 159 Å². The van der Waals surface area contributed by atoms with Crippen LogP contribution in [0.5, 0.6) is 0 Å². The lowest BCUT2D eigenvalue weighted by molar-refractivity contribution is -0.113. The Morgan fingerprint density at radius 3 is 2.92 bits per heavy atom. The fourth-order valence-electron chi connectivity index (χ4n) is 2.28. The van der Waals surface area contributed by atoms with Gasteiger partial charge in [0, 0.05) is 12.2 Å². The van der Waals surface area contributed by atoms with Crippen LogP contribution in [0.4, 0.5) is 5.69 Å². The lowest BCUT2D eigenvalue weighted by atomic mass is 10.2. The van der Waals surface area contributed by atoms with E-state index in [0.29, 0.717) is 39.6 Å². The van der Waals surface area contributed by atoms with Gasteiger partial charge < -0.3 is 9.73 Å². The standard InChI is InChI=1S/C17H14ClN5O2S/c1-2-23-16(14-4-3-7-25-14)21-22-17(23)26-10-15(24)20-12-6-5-11(9-19)13(18)8-12/h3-8H,2,10H2,1H3,(H,20,24). The van der Waals surface area contributed by atoms with Crippen LogP contribution in [0, 0.1) is 11.3 Å². The number of benzene rings is 1. The highest BCUT2D eigenvalue weighted by Crippen LogP contribution is 2.25. The highest BCUT2D eigenvalue weighted by molar-refractivity contribution is 7.99. The second-order valence-corrected chi connectivity index (χ2v) is 6.52. The van der Waals surface area contributed by atoms with Crippen molar-refractivity contribution in [3.63, 3.8) is 0 Å². The number of nitrogens with zero attached hydrogens (tertiary/aromatic N) is 4. The number of carbonyl (C=O) groups is 1. The van der Waals surface area contributed by atoms with E-state index in [2.05, 4.69) is 15.5 Å². The molecule has 0 aliphatic carbocycles. The average molecular weight is 388 g/mol. The molecule has 132 valence electrons. The highest BCUT2D eigenvalue weighted by atomic mass is 35.5. The van der Waals surface area contributed by atoms with E-state index in [0.717, 1.165) is 0 Å². The van der Waals surface area contributed by atoms with Gasteiger partial charge in [-0.25, -0.2) is 0 Å². The maximum absolute atomic E-state index is 12.2. The zero-order valence-corrected chi connectivity index (χ0v) is 15.3. The number of aromatic nitrogens is 3. The van der Waals surface area contributed by atoms with Crippen molar-refractivity contribution in [1.29, 1.82) is 5.26 Å². The summed E-state index contributed by atoms with van der Waals surface area (Å²) in [4.78, 5) is 12.2. The van der Waals surface area contributed by atoms with Crippen LogP contribution in [0.3, 0.4) is 0 Å². The Morgan fingerprint density at radius 1 is 1.42 bits per heavy atom. The molecule has 26 heavy (non-hydrogen) atoms. The first-order chi connectivity index (χ1) is 12.6. The topological polar surface area (TPSA) is 96.7 Å². The largest absolute Gasteiger partial charge is 0.461 e. The molecule has 0 atom stereocenters. The number of furan rings is 1. The van der Waals surface area contributed by atoms with Crippen LogP contribution in [0.2, 0.25) is 5.02 Å². The summed E-state index contributed by atoms with van der Waals surface area (Å²) in [6, 6.07) is 10.3. The monoisotopic (exact) mass is 387 g/mol. The minimum atomic E-state index is -0.207. The summed E-state index contributed by atoms with van der Waals surface area (Å²) in [5.74, 6) is 1.21. The van der Waals surface area contributed by atoms with E-state index in [1.807, 2.05) is 23.6 Å². The molecule has 0 aliphatic heterocycles. The molecule has 2 aromatic heterocycles. The third-order valence-electron chi connectivity index (χ3n) is 3.48. The molecule has 0 aliphatic rings. The van der Waals surface area contributed by atoms with Gasteiger partial charge in [-0.15, -0.1) is 10.2 Å². The van der Waals surface area contributed by atoms with Crippen molar-refractivity contribution in [3.8, 4) is 17.7 Å². The van der Waals surface area contributed by atoms with Crippen LogP contribution in [-0.4, -0.2) is 26.4 Å². The third-order valence-corrected chi connectivity index (χ3v) is 4.76. The molecule has 1 N–H and O–H groups in total. The van der Waals surface area contributed by atoms with E-state index in [-0.39, 0.29) is 11.7 Å². The van der Waals surface area contributed by atoms with E-state index < -0.39 is 0 Å². The molecule has 9 heteroatoms. The van der Waals surface area contributed by atoms with Gasteiger partial charge in [0.05, 0.1) is 22.6 Å². The zero-order valence-electron chi connectivity index (χ0n) is 13.8. The third kappa shape index (κ3) is 3.90. The zero-order chi connectivity index (χ0) is 18.5. The summed E-state index contributed by atoms with van der Waals surface area (Å²) in [5, 5.41) is 20.8. The van der Waals surface area contributed by atoms with Crippen LogP contribution >= 0.6 is 23.4 Å². The quantitative estimate of drug-likeness (QED) is 0.646. The van der Waals surface area contributed by atoms with Crippen molar-refractivity contribution < 1.29 is 9.21 Å². The highest BCUT2D eigenvalue weighted by Gasteiger charge is 2.16. The minimum Gasteiger partial charge on any atom is -0.461 e. The molecule has 0 bridgehead atoms. The predicted octanol–water partition coefficient (Wildman–Crippen LogP) is 3.81. The van der Waals surface area contributed by atoms with Gasteiger partial charge in [-0.2, -0.15) is 5.26 Å². The smallest absolute Gasteiger partial charge is 0.234 e. The van der Waals surface area contributed by atoms with Crippen molar-refractivity contribution in [2.75, 3.05) is 11.1 Å². The Hall–Kier alpha value is -2.76. The second-order valence-electron chi connectivity index (χ2n) is 5.17. The molecule has 0 unspecified atom stereocenters.